The third kappa shape index (κ3) is 4.08. The maximum Gasteiger partial charge on any atom is 0.419 e. The molecule has 176 valence electrons. The van der Waals surface area contributed by atoms with Gasteiger partial charge >= 0.3 is 12.2 Å². The lowest BCUT2D eigenvalue weighted by atomic mass is 9.73. The molecular formula is C23H29F3N2O4. The number of aliphatic hydroxyl groups excluding tert-OH is 2. The molecule has 0 bridgehead atoms. The first-order chi connectivity index (χ1) is 15.2. The molecule has 32 heavy (non-hydrogen) atoms. The Labute approximate surface area is 184 Å². The van der Waals surface area contributed by atoms with Crippen LogP contribution < -0.4 is 15.4 Å². The molecule has 4 atom stereocenters. The number of nitrogens with one attached hydrogen (secondary N) is 2. The second-order valence-electron chi connectivity index (χ2n) is 9.08. The maximum atomic E-state index is 14.5. The second-order valence-corrected chi connectivity index (χ2v) is 9.08. The Morgan fingerprint density at radius 1 is 1.31 bits per heavy atom. The monoisotopic (exact) mass is 454 g/mol. The Bertz CT molecular complexity index is 900. The molecular weight excluding hydrogens is 425 g/mol. The van der Waals surface area contributed by atoms with Crippen LogP contribution in [0.1, 0.15) is 36.8 Å². The Balaban J connectivity index is 1.66. The first kappa shape index (κ1) is 22.9. The highest BCUT2D eigenvalue weighted by Crippen LogP contribution is 2.53. The van der Waals surface area contributed by atoms with Gasteiger partial charge in [0.25, 0.3) is 0 Å². The van der Waals surface area contributed by atoms with Crippen LogP contribution in [0.25, 0.3) is 0 Å². The van der Waals surface area contributed by atoms with E-state index >= 15 is 0 Å². The van der Waals surface area contributed by atoms with E-state index in [1.165, 1.54) is 12.1 Å². The summed E-state index contributed by atoms with van der Waals surface area (Å²) in [7, 11) is 0. The third-order valence-corrected chi connectivity index (χ3v) is 7.10. The standard InChI is InChI=1S/C23H29F3N2O4/c1-13-9-18-19(11-20(13)32-8-7-29)27-21(31)28-22(18,23(24,25)26)6-5-15-10-16(15)17(12-30)14-3-2-4-14/h5-6,9,11,14-17,29-30H,2-4,7-8,10,12H2,1H3,(H2,27,28,31)/b6-5+/t15?,16?,17?,22-/m0/s1. The molecule has 0 radical (unpaired) electrons. The van der Waals surface area contributed by atoms with Gasteiger partial charge in [0.15, 0.2) is 5.54 Å². The topological polar surface area (TPSA) is 90.8 Å². The number of alkyl halides is 3. The number of halogens is 3. The summed E-state index contributed by atoms with van der Waals surface area (Å²) in [5, 5.41) is 23.3. The first-order valence-corrected chi connectivity index (χ1v) is 11.0. The number of anilines is 1. The van der Waals surface area contributed by atoms with Gasteiger partial charge in [-0.2, -0.15) is 13.2 Å². The summed E-state index contributed by atoms with van der Waals surface area (Å²) in [6.07, 6.45) is 1.88. The summed E-state index contributed by atoms with van der Waals surface area (Å²) in [4.78, 5) is 12.2. The molecule has 2 fully saturated rings. The van der Waals surface area contributed by atoms with Gasteiger partial charge in [0.2, 0.25) is 0 Å². The maximum absolute atomic E-state index is 14.5. The molecule has 0 aromatic heterocycles. The minimum Gasteiger partial charge on any atom is -0.491 e. The van der Waals surface area contributed by atoms with Crippen LogP contribution in [-0.2, 0) is 5.54 Å². The molecule has 2 saturated carbocycles. The average molecular weight is 454 g/mol. The smallest absolute Gasteiger partial charge is 0.419 e. The Morgan fingerprint density at radius 2 is 2.06 bits per heavy atom. The number of benzene rings is 1. The molecule has 2 aliphatic carbocycles. The number of rotatable bonds is 8. The van der Waals surface area contributed by atoms with Crippen LogP contribution in [0.15, 0.2) is 24.3 Å². The molecule has 0 saturated heterocycles. The molecule has 0 spiro atoms. The fourth-order valence-electron chi connectivity index (χ4n) is 5.00. The van der Waals surface area contributed by atoms with E-state index in [2.05, 4.69) is 10.6 Å². The molecule has 4 N–H and O–H groups in total. The minimum atomic E-state index is -4.77. The van der Waals surface area contributed by atoms with Gasteiger partial charge in [-0.3, -0.25) is 0 Å². The minimum absolute atomic E-state index is 0.00771. The van der Waals surface area contributed by atoms with Gasteiger partial charge in [-0.05, 0) is 54.7 Å². The highest BCUT2D eigenvalue weighted by Gasteiger charge is 2.59. The summed E-state index contributed by atoms with van der Waals surface area (Å²) >= 11 is 0. The van der Waals surface area contributed by atoms with Crippen molar-refractivity contribution >= 4 is 11.7 Å². The van der Waals surface area contributed by atoms with Crippen LogP contribution in [0.5, 0.6) is 5.75 Å². The normalized spacial score (nSPS) is 28.5. The Hall–Kier alpha value is -2.26. The van der Waals surface area contributed by atoms with Crippen molar-refractivity contribution < 1.29 is 32.9 Å². The van der Waals surface area contributed by atoms with E-state index in [4.69, 9.17) is 9.84 Å². The zero-order chi connectivity index (χ0) is 23.1. The average Bonchev–Trinajstić information content (AvgIpc) is 3.46. The zero-order valence-corrected chi connectivity index (χ0v) is 17.9. The van der Waals surface area contributed by atoms with E-state index in [9.17, 15) is 23.1 Å². The number of amides is 2. The fraction of sp³-hybridized carbons (Fsp3) is 0.609. The Morgan fingerprint density at radius 3 is 2.66 bits per heavy atom. The van der Waals surface area contributed by atoms with E-state index in [-0.39, 0.29) is 48.8 Å². The van der Waals surface area contributed by atoms with E-state index in [0.29, 0.717) is 17.2 Å². The van der Waals surface area contributed by atoms with Gasteiger partial charge in [-0.15, -0.1) is 0 Å². The lowest BCUT2D eigenvalue weighted by Crippen LogP contribution is -2.59. The Kier molecular flexibility index (Phi) is 6.15. The van der Waals surface area contributed by atoms with Crippen LogP contribution in [0.4, 0.5) is 23.7 Å². The second kappa shape index (κ2) is 8.59. The van der Waals surface area contributed by atoms with E-state index < -0.39 is 17.7 Å². The molecule has 3 aliphatic rings. The number of carbonyl (C=O) groups excluding carboxylic acids is 1. The van der Waals surface area contributed by atoms with Crippen molar-refractivity contribution in [2.45, 2.75) is 44.3 Å². The number of aryl methyl sites for hydroxylation is 1. The SMILES string of the molecule is Cc1cc2c(cc1OCCO)NC(=O)N[C@]2(/C=C/C1CC1C(CO)C1CCC1)C(F)(F)F. The molecule has 3 unspecified atom stereocenters. The lowest BCUT2D eigenvalue weighted by molar-refractivity contribution is -0.181. The number of hydrogen-bond donors (Lipinski definition) is 4. The van der Waals surface area contributed by atoms with Gasteiger partial charge in [0, 0.05) is 18.2 Å². The molecule has 1 aliphatic heterocycles. The highest BCUT2D eigenvalue weighted by atomic mass is 19.4. The summed E-state index contributed by atoms with van der Waals surface area (Å²) in [5.74, 6) is 1.02. The van der Waals surface area contributed by atoms with Crippen molar-refractivity contribution in [1.82, 2.24) is 5.32 Å². The van der Waals surface area contributed by atoms with Gasteiger partial charge < -0.3 is 25.6 Å². The number of carbonyl (C=O) groups is 1. The molecule has 1 aromatic rings. The van der Waals surface area contributed by atoms with Crippen molar-refractivity contribution in [2.24, 2.45) is 23.7 Å². The van der Waals surface area contributed by atoms with Gasteiger partial charge in [-0.1, -0.05) is 25.3 Å². The van der Waals surface area contributed by atoms with Crippen molar-refractivity contribution in [2.75, 3.05) is 25.1 Å². The molecule has 9 heteroatoms. The molecule has 6 nitrogen and oxygen atoms in total. The summed E-state index contributed by atoms with van der Waals surface area (Å²) in [6.45, 7) is 1.43. The number of fused-ring (bicyclic) bond motifs is 1. The zero-order valence-electron chi connectivity index (χ0n) is 17.9. The number of aliphatic hydroxyl groups is 2. The van der Waals surface area contributed by atoms with Crippen molar-refractivity contribution in [3.63, 3.8) is 0 Å². The van der Waals surface area contributed by atoms with Crippen LogP contribution in [0.3, 0.4) is 0 Å². The lowest BCUT2D eigenvalue weighted by Gasteiger charge is -2.39. The van der Waals surface area contributed by atoms with E-state index in [0.717, 1.165) is 31.8 Å². The van der Waals surface area contributed by atoms with Gasteiger partial charge in [-0.25, -0.2) is 4.79 Å². The van der Waals surface area contributed by atoms with Crippen LogP contribution in [0.2, 0.25) is 0 Å². The largest absolute Gasteiger partial charge is 0.491 e. The van der Waals surface area contributed by atoms with Crippen LogP contribution in [0, 0.1) is 30.6 Å². The molecule has 1 aromatic carbocycles. The van der Waals surface area contributed by atoms with Gasteiger partial charge in [0.1, 0.15) is 12.4 Å². The van der Waals surface area contributed by atoms with Crippen molar-refractivity contribution in [3.05, 3.63) is 35.4 Å². The van der Waals surface area contributed by atoms with Crippen molar-refractivity contribution in [1.29, 1.82) is 0 Å². The number of ether oxygens (including phenoxy) is 1. The number of allylic oxidation sites excluding steroid dienone is 1. The number of hydrogen-bond acceptors (Lipinski definition) is 4. The van der Waals surface area contributed by atoms with Gasteiger partial charge in [0.05, 0.1) is 12.3 Å². The first-order valence-electron chi connectivity index (χ1n) is 11.0. The van der Waals surface area contributed by atoms with E-state index in [1.807, 2.05) is 0 Å². The van der Waals surface area contributed by atoms with Crippen LogP contribution in [-0.4, -0.2) is 42.2 Å². The predicted octanol–water partition coefficient (Wildman–Crippen LogP) is 3.86. The fourth-order valence-corrected chi connectivity index (χ4v) is 5.00. The molecule has 1 heterocycles. The summed E-state index contributed by atoms with van der Waals surface area (Å²) in [5.41, 5.74) is -2.29. The molecule has 2 amide bonds. The summed E-state index contributed by atoms with van der Waals surface area (Å²) in [6, 6.07) is 1.78. The highest BCUT2D eigenvalue weighted by molar-refractivity contribution is 5.95. The molecule has 4 rings (SSSR count). The van der Waals surface area contributed by atoms with Crippen LogP contribution >= 0.6 is 0 Å². The van der Waals surface area contributed by atoms with Crippen molar-refractivity contribution in [3.8, 4) is 5.75 Å². The predicted molar refractivity (Wildman–Crippen MR) is 112 cm³/mol. The van der Waals surface area contributed by atoms with E-state index in [1.54, 1.807) is 13.0 Å². The number of urea groups is 1. The summed E-state index contributed by atoms with van der Waals surface area (Å²) < 4.78 is 48.8. The third-order valence-electron chi connectivity index (χ3n) is 7.10. The quantitative estimate of drug-likeness (QED) is 0.449.